The predicted molar refractivity (Wildman–Crippen MR) is 113 cm³/mol. The van der Waals surface area contributed by atoms with E-state index < -0.39 is 5.97 Å². The second kappa shape index (κ2) is 8.52. The van der Waals surface area contributed by atoms with E-state index in [0.29, 0.717) is 17.4 Å². The highest BCUT2D eigenvalue weighted by Gasteiger charge is 2.29. The molecule has 3 atom stereocenters. The van der Waals surface area contributed by atoms with E-state index in [2.05, 4.69) is 19.2 Å². The van der Waals surface area contributed by atoms with Gasteiger partial charge in [-0.1, -0.05) is 44.9 Å². The lowest BCUT2D eigenvalue weighted by atomic mass is 9.78. The van der Waals surface area contributed by atoms with Gasteiger partial charge in [0.25, 0.3) is 5.91 Å². The molecule has 0 saturated heterocycles. The fourth-order valence-electron chi connectivity index (χ4n) is 4.84. The van der Waals surface area contributed by atoms with Crippen LogP contribution in [0.15, 0.2) is 24.3 Å². The summed E-state index contributed by atoms with van der Waals surface area (Å²) in [5.41, 5.74) is 3.40. The van der Waals surface area contributed by atoms with Crippen LogP contribution >= 0.6 is 0 Å². The van der Waals surface area contributed by atoms with E-state index in [1.165, 1.54) is 6.42 Å². The van der Waals surface area contributed by atoms with E-state index in [-0.39, 0.29) is 18.6 Å². The number of fused-ring (bicyclic) bond motifs is 2. The molecule has 1 aromatic carbocycles. The van der Waals surface area contributed by atoms with Crippen LogP contribution in [0, 0.1) is 11.8 Å². The minimum absolute atomic E-state index is 0.166. The zero-order valence-electron chi connectivity index (χ0n) is 17.4. The summed E-state index contributed by atoms with van der Waals surface area (Å²) in [5.74, 6) is 0.421. The van der Waals surface area contributed by atoms with E-state index >= 15 is 0 Å². The molecule has 154 valence electrons. The minimum atomic E-state index is -0.415. The zero-order valence-corrected chi connectivity index (χ0v) is 17.4. The predicted octanol–water partition coefficient (Wildman–Crippen LogP) is 4.21. The van der Waals surface area contributed by atoms with Crippen molar-refractivity contribution in [2.75, 3.05) is 6.61 Å². The van der Waals surface area contributed by atoms with Crippen LogP contribution in [0.3, 0.4) is 0 Å². The first-order valence-corrected chi connectivity index (χ1v) is 10.9. The monoisotopic (exact) mass is 394 g/mol. The maximum Gasteiger partial charge on any atom is 0.339 e. The number of hydrogen-bond donors (Lipinski definition) is 1. The third-order valence-electron chi connectivity index (χ3n) is 6.76. The normalized spacial score (nSPS) is 24.0. The van der Waals surface area contributed by atoms with Crippen LogP contribution in [0.25, 0.3) is 10.9 Å². The number of aryl methyl sites for hydroxylation is 1. The van der Waals surface area contributed by atoms with Crippen molar-refractivity contribution in [3.05, 3.63) is 41.1 Å². The highest BCUT2D eigenvalue weighted by Crippen LogP contribution is 2.31. The van der Waals surface area contributed by atoms with E-state index in [4.69, 9.17) is 9.72 Å². The SMILES string of the molecule is C[C@@H]1[C@H](C)CCC[C@@H]1NC(=O)COC(=O)c1c2c(nc3ccccc13)CCCC2. The van der Waals surface area contributed by atoms with Gasteiger partial charge in [-0.25, -0.2) is 4.79 Å². The Morgan fingerprint density at radius 2 is 1.90 bits per heavy atom. The Bertz CT molecular complexity index is 924. The fraction of sp³-hybridized carbons (Fsp3) is 0.542. The van der Waals surface area contributed by atoms with Crippen LogP contribution in [-0.2, 0) is 22.4 Å². The van der Waals surface area contributed by atoms with Crippen molar-refractivity contribution in [3.63, 3.8) is 0 Å². The van der Waals surface area contributed by atoms with Crippen molar-refractivity contribution < 1.29 is 14.3 Å². The number of nitrogens with one attached hydrogen (secondary N) is 1. The quantitative estimate of drug-likeness (QED) is 0.789. The Kier molecular flexibility index (Phi) is 5.84. The Labute approximate surface area is 172 Å². The van der Waals surface area contributed by atoms with Gasteiger partial charge in [0.15, 0.2) is 6.61 Å². The van der Waals surface area contributed by atoms with Gasteiger partial charge in [-0.15, -0.1) is 0 Å². The lowest BCUT2D eigenvalue weighted by Crippen LogP contribution is -2.45. The zero-order chi connectivity index (χ0) is 20.4. The number of pyridine rings is 1. The molecule has 0 unspecified atom stereocenters. The molecular formula is C24H30N2O3. The summed E-state index contributed by atoms with van der Waals surface area (Å²) in [6.07, 6.45) is 7.19. The van der Waals surface area contributed by atoms with Crippen molar-refractivity contribution >= 4 is 22.8 Å². The maximum absolute atomic E-state index is 13.0. The average Bonchev–Trinajstić information content (AvgIpc) is 2.73. The number of esters is 1. The molecule has 2 aromatic rings. The number of carbonyl (C=O) groups is 2. The van der Waals surface area contributed by atoms with Gasteiger partial charge < -0.3 is 10.1 Å². The number of ether oxygens (including phenoxy) is 1. The van der Waals surface area contributed by atoms with Crippen LogP contribution in [0.5, 0.6) is 0 Å². The summed E-state index contributed by atoms with van der Waals surface area (Å²) in [6.45, 7) is 4.19. The van der Waals surface area contributed by atoms with Gasteiger partial charge in [-0.3, -0.25) is 9.78 Å². The first-order valence-electron chi connectivity index (χ1n) is 10.9. The number of aromatic nitrogens is 1. The molecule has 0 spiro atoms. The molecule has 5 nitrogen and oxygen atoms in total. The Hall–Kier alpha value is -2.43. The third kappa shape index (κ3) is 4.14. The fourth-order valence-corrected chi connectivity index (χ4v) is 4.84. The molecule has 0 radical (unpaired) electrons. The second-order valence-electron chi connectivity index (χ2n) is 8.65. The van der Waals surface area contributed by atoms with Gasteiger partial charge in [0.05, 0.1) is 11.1 Å². The van der Waals surface area contributed by atoms with Gasteiger partial charge in [0.1, 0.15) is 0 Å². The third-order valence-corrected chi connectivity index (χ3v) is 6.76. The van der Waals surface area contributed by atoms with E-state index in [0.717, 1.165) is 60.7 Å². The van der Waals surface area contributed by atoms with Crippen molar-refractivity contribution in [1.82, 2.24) is 10.3 Å². The molecule has 0 bridgehead atoms. The molecule has 1 saturated carbocycles. The van der Waals surface area contributed by atoms with Crippen LogP contribution in [0.1, 0.15) is 67.6 Å². The Morgan fingerprint density at radius 1 is 1.10 bits per heavy atom. The summed E-state index contributed by atoms with van der Waals surface area (Å²) in [6, 6.07) is 7.85. The second-order valence-corrected chi connectivity index (χ2v) is 8.65. The highest BCUT2D eigenvalue weighted by atomic mass is 16.5. The molecule has 2 aliphatic rings. The Morgan fingerprint density at radius 3 is 2.76 bits per heavy atom. The summed E-state index contributed by atoms with van der Waals surface area (Å²) in [5, 5.41) is 3.89. The molecule has 1 N–H and O–H groups in total. The van der Waals surface area contributed by atoms with Crippen LogP contribution < -0.4 is 5.32 Å². The number of hydrogen-bond acceptors (Lipinski definition) is 4. The molecule has 0 aliphatic heterocycles. The van der Waals surface area contributed by atoms with Crippen molar-refractivity contribution in [2.24, 2.45) is 11.8 Å². The van der Waals surface area contributed by atoms with E-state index in [1.807, 2.05) is 24.3 Å². The van der Waals surface area contributed by atoms with Gasteiger partial charge >= 0.3 is 5.97 Å². The van der Waals surface area contributed by atoms with Gasteiger partial charge in [-0.2, -0.15) is 0 Å². The van der Waals surface area contributed by atoms with Crippen LogP contribution in [0.2, 0.25) is 0 Å². The van der Waals surface area contributed by atoms with E-state index in [1.54, 1.807) is 0 Å². The summed E-state index contributed by atoms with van der Waals surface area (Å²) >= 11 is 0. The summed E-state index contributed by atoms with van der Waals surface area (Å²) in [4.78, 5) is 30.2. The standard InChI is InChI=1S/C24H30N2O3/c1-15-8-7-13-19(16(15)2)26-22(27)14-29-24(28)23-17-9-3-5-11-20(17)25-21-12-6-4-10-18(21)23/h3,5,9,11,15-16,19H,4,6-8,10,12-14H2,1-2H3,(H,26,27)/t15-,16-,19+/m1/s1. The van der Waals surface area contributed by atoms with Crippen LogP contribution in [-0.4, -0.2) is 29.5 Å². The van der Waals surface area contributed by atoms with Gasteiger partial charge in [0.2, 0.25) is 0 Å². The summed E-state index contributed by atoms with van der Waals surface area (Å²) in [7, 11) is 0. The molecule has 1 amide bonds. The number of para-hydroxylation sites is 1. The topological polar surface area (TPSA) is 68.3 Å². The van der Waals surface area contributed by atoms with Crippen molar-refractivity contribution in [2.45, 2.75) is 64.8 Å². The number of carbonyl (C=O) groups excluding carboxylic acids is 2. The van der Waals surface area contributed by atoms with Crippen LogP contribution in [0.4, 0.5) is 0 Å². The van der Waals surface area contributed by atoms with E-state index in [9.17, 15) is 9.59 Å². The molecule has 4 rings (SSSR count). The number of amides is 1. The number of nitrogens with zero attached hydrogens (tertiary/aromatic N) is 1. The van der Waals surface area contributed by atoms with Gasteiger partial charge in [-0.05, 0) is 55.6 Å². The van der Waals surface area contributed by atoms with Crippen molar-refractivity contribution in [3.8, 4) is 0 Å². The first-order chi connectivity index (χ1) is 14.0. The van der Waals surface area contributed by atoms with Crippen molar-refractivity contribution in [1.29, 1.82) is 0 Å². The molecule has 1 fully saturated rings. The molecular weight excluding hydrogens is 364 g/mol. The molecule has 29 heavy (non-hydrogen) atoms. The molecule has 2 aliphatic carbocycles. The lowest BCUT2D eigenvalue weighted by molar-refractivity contribution is -0.125. The first kappa shape index (κ1) is 19.9. The molecule has 1 heterocycles. The summed E-state index contributed by atoms with van der Waals surface area (Å²) < 4.78 is 5.49. The molecule has 1 aromatic heterocycles. The molecule has 5 heteroatoms. The minimum Gasteiger partial charge on any atom is -0.452 e. The highest BCUT2D eigenvalue weighted by molar-refractivity contribution is 6.05. The average molecular weight is 395 g/mol. The number of rotatable bonds is 4. The smallest absolute Gasteiger partial charge is 0.339 e. The largest absolute Gasteiger partial charge is 0.452 e. The maximum atomic E-state index is 13.0. The number of benzene rings is 1. The van der Waals surface area contributed by atoms with Gasteiger partial charge in [0, 0.05) is 17.1 Å². The Balaban J connectivity index is 1.49. The lowest BCUT2D eigenvalue weighted by Gasteiger charge is -2.34.